The van der Waals surface area contributed by atoms with Gasteiger partial charge in [0.2, 0.25) is 5.91 Å². The Hall–Kier alpha value is -1.96. The lowest BCUT2D eigenvalue weighted by atomic mass is 10.1. The van der Waals surface area contributed by atoms with Crippen LogP contribution >= 0.6 is 11.3 Å². The Bertz CT molecular complexity index is 485. The lowest BCUT2D eigenvalue weighted by molar-refractivity contribution is -0.124. The third-order valence-electron chi connectivity index (χ3n) is 2.50. The molecule has 0 aliphatic carbocycles. The number of anilines is 1. The Balaban J connectivity index is 1.94. The highest BCUT2D eigenvalue weighted by Gasteiger charge is 2.24. The van der Waals surface area contributed by atoms with E-state index in [0.29, 0.717) is 30.1 Å². The largest absolute Gasteiger partial charge is 0.394 e. The van der Waals surface area contributed by atoms with Gasteiger partial charge in [-0.2, -0.15) is 0 Å². The maximum absolute atomic E-state index is 11.3. The van der Waals surface area contributed by atoms with Crippen molar-refractivity contribution in [2.75, 3.05) is 18.9 Å². The van der Waals surface area contributed by atoms with Crippen LogP contribution in [0, 0.1) is 5.92 Å². The molecule has 1 amide bonds. The third kappa shape index (κ3) is 2.83. The minimum atomic E-state index is -0.206. The van der Waals surface area contributed by atoms with E-state index in [9.17, 15) is 9.59 Å². The van der Waals surface area contributed by atoms with Crippen molar-refractivity contribution in [3.05, 3.63) is 11.1 Å². The van der Waals surface area contributed by atoms with Gasteiger partial charge in [-0.1, -0.05) is 5.16 Å². The lowest BCUT2D eigenvalue weighted by Crippen LogP contribution is -2.22. The monoisotopic (exact) mass is 268 g/mol. The van der Waals surface area contributed by atoms with E-state index in [0.717, 1.165) is 0 Å². The Morgan fingerprint density at radius 1 is 1.78 bits per heavy atom. The van der Waals surface area contributed by atoms with Gasteiger partial charge in [-0.05, 0) is 6.42 Å². The van der Waals surface area contributed by atoms with Crippen molar-refractivity contribution in [2.24, 2.45) is 11.1 Å². The number of hydrogen-bond acceptors (Lipinski definition) is 7. The molecule has 1 atom stereocenters. The van der Waals surface area contributed by atoms with Crippen molar-refractivity contribution in [3.8, 4) is 0 Å². The van der Waals surface area contributed by atoms with E-state index in [4.69, 9.17) is 10.6 Å². The molecule has 1 fully saturated rings. The molecule has 1 aromatic rings. The molecule has 18 heavy (non-hydrogen) atoms. The molecule has 0 bridgehead atoms. The van der Waals surface area contributed by atoms with Gasteiger partial charge < -0.3 is 15.9 Å². The topological polar surface area (TPSA) is 107 Å². The molecule has 2 heterocycles. The van der Waals surface area contributed by atoms with Crippen LogP contribution in [0.5, 0.6) is 0 Å². The van der Waals surface area contributed by atoms with Crippen LogP contribution in [0.25, 0.3) is 0 Å². The fourth-order valence-corrected chi connectivity index (χ4v) is 2.09. The zero-order valence-electron chi connectivity index (χ0n) is 9.46. The zero-order valence-corrected chi connectivity index (χ0v) is 10.3. The van der Waals surface area contributed by atoms with Crippen molar-refractivity contribution in [1.29, 1.82) is 0 Å². The molecule has 0 spiro atoms. The van der Waals surface area contributed by atoms with Gasteiger partial charge in [-0.25, -0.2) is 4.98 Å². The van der Waals surface area contributed by atoms with E-state index in [2.05, 4.69) is 15.5 Å². The number of aromatic nitrogens is 1. The molecule has 3 N–H and O–H groups in total. The third-order valence-corrected chi connectivity index (χ3v) is 3.17. The van der Waals surface area contributed by atoms with Gasteiger partial charge >= 0.3 is 0 Å². The van der Waals surface area contributed by atoms with Crippen LogP contribution in [-0.2, 0) is 14.4 Å². The summed E-state index contributed by atoms with van der Waals surface area (Å²) in [7, 11) is 0. The average Bonchev–Trinajstić information content (AvgIpc) is 2.94. The maximum atomic E-state index is 11.3. The van der Waals surface area contributed by atoms with Crippen LogP contribution in [0.4, 0.5) is 5.13 Å². The number of nitrogens with two attached hydrogens (primary N) is 1. The molecule has 96 valence electrons. The van der Waals surface area contributed by atoms with Crippen LogP contribution in [0.1, 0.15) is 12.1 Å². The van der Waals surface area contributed by atoms with E-state index in [1.54, 1.807) is 5.38 Å². The summed E-state index contributed by atoms with van der Waals surface area (Å²) in [5.74, 6) is -0.252. The van der Waals surface area contributed by atoms with Crippen LogP contribution in [0.15, 0.2) is 10.5 Å². The van der Waals surface area contributed by atoms with Gasteiger partial charge in [0.25, 0.3) is 0 Å². The van der Waals surface area contributed by atoms with E-state index in [1.165, 1.54) is 11.3 Å². The highest BCUT2D eigenvalue weighted by atomic mass is 32.1. The van der Waals surface area contributed by atoms with Crippen molar-refractivity contribution in [2.45, 2.75) is 6.42 Å². The maximum Gasteiger partial charge on any atom is 0.226 e. The summed E-state index contributed by atoms with van der Waals surface area (Å²) >= 11 is 1.21. The van der Waals surface area contributed by atoms with Crippen molar-refractivity contribution in [3.63, 3.8) is 0 Å². The first kappa shape index (κ1) is 12.5. The molecule has 8 heteroatoms. The Morgan fingerprint density at radius 2 is 2.61 bits per heavy atom. The summed E-state index contributed by atoms with van der Waals surface area (Å²) in [6, 6.07) is 0. The Morgan fingerprint density at radius 3 is 3.17 bits per heavy atom. The van der Waals surface area contributed by atoms with E-state index < -0.39 is 0 Å². The minimum Gasteiger partial charge on any atom is -0.394 e. The fourth-order valence-electron chi connectivity index (χ4n) is 1.53. The predicted molar refractivity (Wildman–Crippen MR) is 66.2 cm³/mol. The molecule has 1 aromatic heterocycles. The van der Waals surface area contributed by atoms with Gasteiger partial charge in [0.1, 0.15) is 12.3 Å². The molecule has 7 nitrogen and oxygen atoms in total. The van der Waals surface area contributed by atoms with Gasteiger partial charge in [0.05, 0.1) is 5.92 Å². The average molecular weight is 268 g/mol. The number of nitrogens with one attached hydrogen (secondary N) is 1. The Kier molecular flexibility index (Phi) is 3.88. The number of carbonyl (C=O) groups excluding carboxylic acids is 2. The molecular formula is C10H12N4O3S. The SMILES string of the molecule is Nc1nc(/C(C=O)=N/OCC2CCNC2=O)cs1. The summed E-state index contributed by atoms with van der Waals surface area (Å²) in [4.78, 5) is 31.0. The van der Waals surface area contributed by atoms with Crippen molar-refractivity contribution >= 4 is 34.4 Å². The minimum absolute atomic E-state index is 0.0456. The second-order valence-electron chi connectivity index (χ2n) is 3.74. The number of nitrogen functional groups attached to an aromatic ring is 1. The molecule has 0 aromatic carbocycles. The van der Waals surface area contributed by atoms with Gasteiger partial charge in [0, 0.05) is 11.9 Å². The molecular weight excluding hydrogens is 256 g/mol. The number of hydrogen-bond donors (Lipinski definition) is 2. The molecule has 1 unspecified atom stereocenters. The summed E-state index contributed by atoms with van der Waals surface area (Å²) in [5.41, 5.74) is 5.91. The summed E-state index contributed by atoms with van der Waals surface area (Å²) in [5, 5.41) is 8.35. The van der Waals surface area contributed by atoms with E-state index in [1.807, 2.05) is 0 Å². The number of aldehydes is 1. The first-order chi connectivity index (χ1) is 8.70. The second-order valence-corrected chi connectivity index (χ2v) is 4.63. The molecule has 0 radical (unpaired) electrons. The number of oxime groups is 1. The van der Waals surface area contributed by atoms with Gasteiger partial charge in [0.15, 0.2) is 17.1 Å². The summed E-state index contributed by atoms with van der Waals surface area (Å²) in [6.07, 6.45) is 1.26. The molecule has 1 aliphatic rings. The predicted octanol–water partition coefficient (Wildman–Crippen LogP) is -0.219. The summed E-state index contributed by atoms with van der Waals surface area (Å²) in [6.45, 7) is 0.808. The van der Waals surface area contributed by atoms with Crippen molar-refractivity contribution in [1.82, 2.24) is 10.3 Å². The highest BCUT2D eigenvalue weighted by molar-refractivity contribution is 7.13. The zero-order chi connectivity index (χ0) is 13.0. The molecule has 0 saturated carbocycles. The normalized spacial score (nSPS) is 19.7. The number of carbonyl (C=O) groups is 2. The first-order valence-electron chi connectivity index (χ1n) is 5.35. The standard InChI is InChI=1S/C10H12N4O3S/c11-10-13-8(5-18-10)7(3-15)14-17-4-6-1-2-12-9(6)16/h3,5-6H,1-2,4H2,(H2,11,13)(H,12,16)/b14-7+. The van der Waals surface area contributed by atoms with E-state index >= 15 is 0 Å². The van der Waals surface area contributed by atoms with Gasteiger partial charge in [-0.15, -0.1) is 11.3 Å². The molecule has 1 aliphatic heterocycles. The lowest BCUT2D eigenvalue weighted by Gasteiger charge is -2.04. The van der Waals surface area contributed by atoms with Gasteiger partial charge in [-0.3, -0.25) is 9.59 Å². The molecule has 1 saturated heterocycles. The molecule has 2 rings (SSSR count). The number of nitrogens with zero attached hydrogens (tertiary/aromatic N) is 2. The van der Waals surface area contributed by atoms with Crippen LogP contribution in [-0.4, -0.2) is 36.0 Å². The Labute approximate surface area is 107 Å². The first-order valence-corrected chi connectivity index (χ1v) is 6.23. The van der Waals surface area contributed by atoms with Crippen LogP contribution in [0.3, 0.4) is 0 Å². The number of thiazole rings is 1. The summed E-state index contributed by atoms with van der Waals surface area (Å²) < 4.78 is 0. The van der Waals surface area contributed by atoms with Crippen LogP contribution in [0.2, 0.25) is 0 Å². The fraction of sp³-hybridized carbons (Fsp3) is 0.400. The smallest absolute Gasteiger partial charge is 0.226 e. The quantitative estimate of drug-likeness (QED) is 0.436. The van der Waals surface area contributed by atoms with E-state index in [-0.39, 0.29) is 24.1 Å². The number of amides is 1. The van der Waals surface area contributed by atoms with Crippen molar-refractivity contribution < 1.29 is 14.4 Å². The highest BCUT2D eigenvalue weighted by Crippen LogP contribution is 2.12. The second kappa shape index (κ2) is 5.58. The van der Waals surface area contributed by atoms with Crippen LogP contribution < -0.4 is 11.1 Å². The number of rotatable bonds is 5.